The number of hydrogen-bond acceptors (Lipinski definition) is 3. The lowest BCUT2D eigenvalue weighted by molar-refractivity contribution is -0.140. The Morgan fingerprint density at radius 1 is 1.04 bits per heavy atom. The van der Waals surface area contributed by atoms with E-state index in [0.29, 0.717) is 11.8 Å². The summed E-state index contributed by atoms with van der Waals surface area (Å²) in [5, 5.41) is 0. The van der Waals surface area contributed by atoms with Crippen molar-refractivity contribution in [2.75, 3.05) is 13.2 Å². The molecule has 130 valence electrons. The quantitative estimate of drug-likeness (QED) is 0.633. The summed E-state index contributed by atoms with van der Waals surface area (Å²) in [6.07, 6.45) is -4.98. The van der Waals surface area contributed by atoms with Gasteiger partial charge in [-0.3, -0.25) is 0 Å². The average Bonchev–Trinajstić information content (AvgIpc) is 2.52. The number of benzene rings is 2. The fourth-order valence-corrected chi connectivity index (χ4v) is 2.87. The van der Waals surface area contributed by atoms with Crippen LogP contribution < -0.4 is 9.46 Å². The molecular weight excluding hydrogens is 350 g/mol. The first kappa shape index (κ1) is 18.2. The molecule has 0 radical (unpaired) electrons. The van der Waals surface area contributed by atoms with Crippen LogP contribution in [0.3, 0.4) is 0 Å². The molecule has 2 aromatic carbocycles. The molecule has 0 aliphatic heterocycles. The molecule has 0 amide bonds. The van der Waals surface area contributed by atoms with Gasteiger partial charge in [-0.05, 0) is 30.3 Å². The third-order valence-corrected chi connectivity index (χ3v) is 4.42. The van der Waals surface area contributed by atoms with Gasteiger partial charge < -0.3 is 4.74 Å². The summed E-state index contributed by atoms with van der Waals surface area (Å²) in [6.45, 7) is -0.174. The maximum atomic E-state index is 13.2. The second kappa shape index (κ2) is 7.18. The maximum absolute atomic E-state index is 13.2. The van der Waals surface area contributed by atoms with Crippen LogP contribution in [0, 0.1) is 5.82 Å². The van der Waals surface area contributed by atoms with Crippen molar-refractivity contribution < 1.29 is 30.7 Å². The lowest BCUT2D eigenvalue weighted by Gasteiger charge is -2.11. The Kier molecular flexibility index (Phi) is 5.45. The van der Waals surface area contributed by atoms with Gasteiger partial charge in [0.2, 0.25) is 10.0 Å². The standard InChI is InChI=1S/C15H13F4NO3S/c16-14-7-6-12(10-13(14)15(17,18)19)24(21,22)20-8-9-23-11-4-2-1-3-5-11/h1-7,10,20H,8-9H2. The summed E-state index contributed by atoms with van der Waals surface area (Å²) >= 11 is 0. The van der Waals surface area contributed by atoms with Crippen LogP contribution in [0.15, 0.2) is 53.4 Å². The minimum absolute atomic E-state index is 0.0173. The minimum atomic E-state index is -4.98. The van der Waals surface area contributed by atoms with Gasteiger partial charge >= 0.3 is 6.18 Å². The van der Waals surface area contributed by atoms with Gasteiger partial charge in [-0.2, -0.15) is 13.2 Å². The Bertz CT molecular complexity index is 792. The molecule has 0 aliphatic rings. The zero-order chi connectivity index (χ0) is 17.8. The average molecular weight is 363 g/mol. The summed E-state index contributed by atoms with van der Waals surface area (Å²) in [7, 11) is -4.21. The predicted molar refractivity (Wildman–Crippen MR) is 78.5 cm³/mol. The highest BCUT2D eigenvalue weighted by molar-refractivity contribution is 7.89. The molecular formula is C15H13F4NO3S. The summed E-state index contributed by atoms with van der Waals surface area (Å²) in [4.78, 5) is -0.670. The number of para-hydroxylation sites is 1. The van der Waals surface area contributed by atoms with Crippen molar-refractivity contribution in [3.05, 3.63) is 59.9 Å². The van der Waals surface area contributed by atoms with Gasteiger partial charge in [-0.1, -0.05) is 18.2 Å². The molecule has 1 N–H and O–H groups in total. The van der Waals surface area contributed by atoms with Crippen LogP contribution in [0.1, 0.15) is 5.56 Å². The summed E-state index contributed by atoms with van der Waals surface area (Å²) in [6, 6.07) is 10.1. The van der Waals surface area contributed by atoms with Gasteiger partial charge in [0, 0.05) is 6.54 Å². The van der Waals surface area contributed by atoms with E-state index in [1.165, 1.54) is 0 Å². The number of alkyl halides is 3. The fraction of sp³-hybridized carbons (Fsp3) is 0.200. The van der Waals surface area contributed by atoms with E-state index in [1.54, 1.807) is 30.3 Å². The van der Waals surface area contributed by atoms with E-state index in [4.69, 9.17) is 4.74 Å². The zero-order valence-electron chi connectivity index (χ0n) is 12.2. The Balaban J connectivity index is 2.02. The van der Waals surface area contributed by atoms with Gasteiger partial charge in [0.1, 0.15) is 18.2 Å². The van der Waals surface area contributed by atoms with Crippen LogP contribution in [0.5, 0.6) is 5.75 Å². The highest BCUT2D eigenvalue weighted by Crippen LogP contribution is 2.32. The Hall–Kier alpha value is -2.13. The molecule has 2 rings (SSSR count). The molecule has 24 heavy (non-hydrogen) atoms. The number of hydrogen-bond donors (Lipinski definition) is 1. The highest BCUT2D eigenvalue weighted by atomic mass is 32.2. The molecule has 4 nitrogen and oxygen atoms in total. The predicted octanol–water partition coefficient (Wildman–Crippen LogP) is 3.20. The third kappa shape index (κ3) is 4.68. The number of nitrogens with one attached hydrogen (secondary N) is 1. The van der Waals surface area contributed by atoms with Crippen LogP contribution in [0.4, 0.5) is 17.6 Å². The topological polar surface area (TPSA) is 55.4 Å². The number of ether oxygens (including phenoxy) is 1. The summed E-state index contributed by atoms with van der Waals surface area (Å²) < 4.78 is 82.4. The van der Waals surface area contributed by atoms with Gasteiger partial charge in [0.15, 0.2) is 0 Å². The van der Waals surface area contributed by atoms with E-state index >= 15 is 0 Å². The molecule has 0 spiro atoms. The lowest BCUT2D eigenvalue weighted by atomic mass is 10.2. The molecule has 0 bridgehead atoms. The highest BCUT2D eigenvalue weighted by Gasteiger charge is 2.35. The van der Waals surface area contributed by atoms with Gasteiger partial charge in [0.05, 0.1) is 10.5 Å². The van der Waals surface area contributed by atoms with E-state index in [0.717, 1.165) is 6.07 Å². The largest absolute Gasteiger partial charge is 0.492 e. The Labute approximate surface area is 136 Å². The van der Waals surface area contributed by atoms with E-state index < -0.39 is 32.5 Å². The first-order valence-electron chi connectivity index (χ1n) is 6.74. The van der Waals surface area contributed by atoms with Crippen LogP contribution in [0.25, 0.3) is 0 Å². The summed E-state index contributed by atoms with van der Waals surface area (Å²) in [5.41, 5.74) is -1.63. The lowest BCUT2D eigenvalue weighted by Crippen LogP contribution is -2.28. The van der Waals surface area contributed by atoms with Crippen molar-refractivity contribution in [3.63, 3.8) is 0 Å². The second-order valence-corrected chi connectivity index (χ2v) is 6.47. The van der Waals surface area contributed by atoms with E-state index in [2.05, 4.69) is 4.72 Å². The van der Waals surface area contributed by atoms with Crippen molar-refractivity contribution in [2.45, 2.75) is 11.1 Å². The first-order valence-corrected chi connectivity index (χ1v) is 8.23. The number of sulfonamides is 1. The van der Waals surface area contributed by atoms with Crippen molar-refractivity contribution >= 4 is 10.0 Å². The van der Waals surface area contributed by atoms with E-state index in [-0.39, 0.29) is 19.2 Å². The molecule has 0 aliphatic carbocycles. The first-order chi connectivity index (χ1) is 11.2. The molecule has 2 aromatic rings. The monoisotopic (exact) mass is 363 g/mol. The molecule has 0 saturated heterocycles. The van der Waals surface area contributed by atoms with Crippen molar-refractivity contribution in [3.8, 4) is 5.75 Å². The number of rotatable bonds is 6. The summed E-state index contributed by atoms with van der Waals surface area (Å²) in [5.74, 6) is -1.01. The normalized spacial score (nSPS) is 12.2. The Morgan fingerprint density at radius 3 is 2.33 bits per heavy atom. The minimum Gasteiger partial charge on any atom is -0.492 e. The third-order valence-electron chi connectivity index (χ3n) is 2.96. The molecule has 0 heterocycles. The molecule has 0 fully saturated rings. The van der Waals surface area contributed by atoms with Gasteiger partial charge in [0.25, 0.3) is 0 Å². The molecule has 0 saturated carbocycles. The zero-order valence-corrected chi connectivity index (χ0v) is 13.0. The van der Waals surface area contributed by atoms with Crippen LogP contribution in [0.2, 0.25) is 0 Å². The van der Waals surface area contributed by atoms with Crippen molar-refractivity contribution in [2.24, 2.45) is 0 Å². The van der Waals surface area contributed by atoms with Gasteiger partial charge in [-0.25, -0.2) is 17.5 Å². The fourth-order valence-electron chi connectivity index (χ4n) is 1.83. The van der Waals surface area contributed by atoms with Gasteiger partial charge in [-0.15, -0.1) is 0 Å². The second-order valence-electron chi connectivity index (χ2n) is 4.70. The maximum Gasteiger partial charge on any atom is 0.419 e. The molecule has 0 aromatic heterocycles. The molecule has 0 unspecified atom stereocenters. The smallest absolute Gasteiger partial charge is 0.419 e. The van der Waals surface area contributed by atoms with Crippen molar-refractivity contribution in [1.29, 1.82) is 0 Å². The van der Waals surface area contributed by atoms with Crippen LogP contribution in [-0.4, -0.2) is 21.6 Å². The number of halogens is 4. The van der Waals surface area contributed by atoms with Crippen molar-refractivity contribution in [1.82, 2.24) is 4.72 Å². The molecule has 0 atom stereocenters. The molecule has 9 heteroatoms. The SMILES string of the molecule is O=S(=O)(NCCOc1ccccc1)c1ccc(F)c(C(F)(F)F)c1. The van der Waals surface area contributed by atoms with Crippen LogP contribution in [-0.2, 0) is 16.2 Å². The Morgan fingerprint density at radius 2 is 1.71 bits per heavy atom. The van der Waals surface area contributed by atoms with E-state index in [1.807, 2.05) is 0 Å². The van der Waals surface area contributed by atoms with Crippen LogP contribution >= 0.6 is 0 Å². The van der Waals surface area contributed by atoms with E-state index in [9.17, 15) is 26.0 Å².